The van der Waals surface area contributed by atoms with Crippen LogP contribution >= 0.6 is 0 Å². The Morgan fingerprint density at radius 2 is 2.38 bits per heavy atom. The van der Waals surface area contributed by atoms with Crippen molar-refractivity contribution in [3.8, 4) is 5.75 Å². The third kappa shape index (κ3) is 2.13. The Kier molecular flexibility index (Phi) is 3.31. The minimum atomic E-state index is -0.481. The van der Waals surface area contributed by atoms with E-state index in [1.165, 1.54) is 0 Å². The summed E-state index contributed by atoms with van der Waals surface area (Å²) >= 11 is 0. The van der Waals surface area contributed by atoms with E-state index in [-0.39, 0.29) is 0 Å². The van der Waals surface area contributed by atoms with E-state index in [0.717, 1.165) is 23.5 Å². The molecule has 0 saturated heterocycles. The molecule has 0 amide bonds. The second-order valence-electron chi connectivity index (χ2n) is 4.09. The van der Waals surface area contributed by atoms with Gasteiger partial charge in [-0.2, -0.15) is 0 Å². The lowest BCUT2D eigenvalue weighted by Crippen LogP contribution is -2.28. The van der Waals surface area contributed by atoms with Crippen molar-refractivity contribution in [2.45, 2.75) is 12.5 Å². The fraction of sp³-hybridized carbons (Fsp3) is 0.500. The molecular formula is C12H18N2O2. The third-order valence-corrected chi connectivity index (χ3v) is 2.90. The van der Waals surface area contributed by atoms with E-state index in [4.69, 9.17) is 10.5 Å². The van der Waals surface area contributed by atoms with Crippen molar-refractivity contribution in [3.05, 3.63) is 23.8 Å². The molecule has 0 aliphatic carbocycles. The van der Waals surface area contributed by atoms with Gasteiger partial charge in [0.1, 0.15) is 12.4 Å². The van der Waals surface area contributed by atoms with Crippen LogP contribution in [-0.2, 0) is 0 Å². The zero-order valence-corrected chi connectivity index (χ0v) is 9.52. The van der Waals surface area contributed by atoms with Crippen LogP contribution in [0.15, 0.2) is 18.2 Å². The molecule has 0 fully saturated rings. The molecule has 3 N–H and O–H groups in total. The van der Waals surface area contributed by atoms with Gasteiger partial charge in [0.15, 0.2) is 0 Å². The number of hydrogen-bond acceptors (Lipinski definition) is 4. The largest absolute Gasteiger partial charge is 0.490 e. The average Bonchev–Trinajstić information content (AvgIpc) is 2.29. The van der Waals surface area contributed by atoms with E-state index < -0.39 is 6.10 Å². The Bertz CT molecular complexity index is 368. The van der Waals surface area contributed by atoms with Crippen LogP contribution in [0.4, 0.5) is 5.69 Å². The normalized spacial score (nSPS) is 16.6. The van der Waals surface area contributed by atoms with E-state index in [1.807, 2.05) is 25.2 Å². The maximum absolute atomic E-state index is 9.87. The molecule has 4 nitrogen and oxygen atoms in total. The van der Waals surface area contributed by atoms with Gasteiger partial charge in [-0.25, -0.2) is 0 Å². The number of nitrogens with zero attached hydrogens (tertiary/aromatic N) is 1. The lowest BCUT2D eigenvalue weighted by Gasteiger charge is -2.28. The number of ether oxygens (including phenoxy) is 1. The van der Waals surface area contributed by atoms with Crippen LogP contribution in [0.5, 0.6) is 5.75 Å². The summed E-state index contributed by atoms with van der Waals surface area (Å²) in [6.45, 7) is 2.09. The van der Waals surface area contributed by atoms with Crippen LogP contribution in [0.3, 0.4) is 0 Å². The van der Waals surface area contributed by atoms with Crippen LogP contribution in [-0.4, -0.2) is 31.9 Å². The van der Waals surface area contributed by atoms with Crippen LogP contribution in [0.1, 0.15) is 18.1 Å². The number of likely N-dealkylation sites (N-methyl/N-ethyl adjacent to an activating group) is 1. The number of benzene rings is 1. The van der Waals surface area contributed by atoms with Gasteiger partial charge in [-0.1, -0.05) is 6.07 Å². The second kappa shape index (κ2) is 4.72. The van der Waals surface area contributed by atoms with Crippen LogP contribution < -0.4 is 15.4 Å². The first-order chi connectivity index (χ1) is 7.72. The summed E-state index contributed by atoms with van der Waals surface area (Å²) in [7, 11) is 2.03. The third-order valence-electron chi connectivity index (χ3n) is 2.90. The number of fused-ring (bicyclic) bond motifs is 1. The first-order valence-corrected chi connectivity index (χ1v) is 5.58. The molecule has 1 heterocycles. The molecule has 2 rings (SSSR count). The Morgan fingerprint density at radius 3 is 3.12 bits per heavy atom. The molecule has 1 aromatic rings. The zero-order valence-electron chi connectivity index (χ0n) is 9.52. The van der Waals surface area contributed by atoms with Gasteiger partial charge in [-0.05, 0) is 30.7 Å². The number of aliphatic hydroxyl groups is 1. The van der Waals surface area contributed by atoms with Crippen LogP contribution in [0.2, 0.25) is 0 Å². The van der Waals surface area contributed by atoms with Gasteiger partial charge < -0.3 is 20.5 Å². The molecule has 0 aromatic heterocycles. The molecule has 1 aliphatic heterocycles. The molecule has 1 unspecified atom stereocenters. The standard InChI is InChI=1S/C12H18N2O2/c1-14-6-7-16-12-3-2-9(8-10(12)14)11(15)4-5-13/h2-3,8,11,15H,4-7,13H2,1H3. The first kappa shape index (κ1) is 11.2. The topological polar surface area (TPSA) is 58.7 Å². The van der Waals surface area contributed by atoms with E-state index >= 15 is 0 Å². The van der Waals surface area contributed by atoms with Gasteiger partial charge in [0, 0.05) is 7.05 Å². The molecular weight excluding hydrogens is 204 g/mol. The van der Waals surface area contributed by atoms with Crippen molar-refractivity contribution in [2.75, 3.05) is 31.6 Å². The zero-order chi connectivity index (χ0) is 11.5. The van der Waals surface area contributed by atoms with Gasteiger partial charge >= 0.3 is 0 Å². The fourth-order valence-corrected chi connectivity index (χ4v) is 1.90. The van der Waals surface area contributed by atoms with E-state index in [0.29, 0.717) is 19.6 Å². The van der Waals surface area contributed by atoms with E-state index in [1.54, 1.807) is 0 Å². The van der Waals surface area contributed by atoms with Crippen molar-refractivity contribution >= 4 is 5.69 Å². The Labute approximate surface area is 95.6 Å². The van der Waals surface area contributed by atoms with Crippen LogP contribution in [0.25, 0.3) is 0 Å². The maximum atomic E-state index is 9.87. The van der Waals surface area contributed by atoms with Crippen molar-refractivity contribution in [1.82, 2.24) is 0 Å². The minimum Gasteiger partial charge on any atom is -0.490 e. The summed E-state index contributed by atoms with van der Waals surface area (Å²) in [4.78, 5) is 2.14. The molecule has 16 heavy (non-hydrogen) atoms. The van der Waals surface area contributed by atoms with Gasteiger partial charge in [-0.15, -0.1) is 0 Å². The molecule has 1 aliphatic rings. The summed E-state index contributed by atoms with van der Waals surface area (Å²) in [6.07, 6.45) is 0.106. The number of anilines is 1. The predicted molar refractivity (Wildman–Crippen MR) is 63.8 cm³/mol. The number of nitrogens with two attached hydrogens (primary N) is 1. The van der Waals surface area contributed by atoms with Crippen molar-refractivity contribution < 1.29 is 9.84 Å². The first-order valence-electron chi connectivity index (χ1n) is 5.58. The van der Waals surface area contributed by atoms with Gasteiger partial charge in [0.25, 0.3) is 0 Å². The number of aliphatic hydroxyl groups excluding tert-OH is 1. The highest BCUT2D eigenvalue weighted by Gasteiger charge is 2.17. The van der Waals surface area contributed by atoms with Crippen molar-refractivity contribution in [1.29, 1.82) is 0 Å². The number of hydrogen-bond donors (Lipinski definition) is 2. The molecule has 1 atom stereocenters. The highest BCUT2D eigenvalue weighted by Crippen LogP contribution is 2.33. The maximum Gasteiger partial charge on any atom is 0.142 e. The Morgan fingerprint density at radius 1 is 1.56 bits per heavy atom. The minimum absolute atomic E-state index is 0.481. The van der Waals surface area contributed by atoms with Gasteiger partial charge in [-0.3, -0.25) is 0 Å². The summed E-state index contributed by atoms with van der Waals surface area (Å²) < 4.78 is 5.54. The lowest BCUT2D eigenvalue weighted by molar-refractivity contribution is 0.170. The van der Waals surface area contributed by atoms with Crippen molar-refractivity contribution in [2.24, 2.45) is 5.73 Å². The molecule has 88 valence electrons. The van der Waals surface area contributed by atoms with E-state index in [2.05, 4.69) is 4.90 Å². The Balaban J connectivity index is 2.26. The SMILES string of the molecule is CN1CCOc2ccc(C(O)CCN)cc21. The lowest BCUT2D eigenvalue weighted by atomic mass is 10.0. The van der Waals surface area contributed by atoms with Gasteiger partial charge in [0.05, 0.1) is 18.3 Å². The number of rotatable bonds is 3. The monoisotopic (exact) mass is 222 g/mol. The average molecular weight is 222 g/mol. The molecule has 0 bridgehead atoms. The predicted octanol–water partition coefficient (Wildman–Crippen LogP) is 0.897. The van der Waals surface area contributed by atoms with Crippen LogP contribution in [0, 0.1) is 0 Å². The molecule has 4 heteroatoms. The summed E-state index contributed by atoms with van der Waals surface area (Å²) in [6, 6.07) is 5.80. The molecule has 0 radical (unpaired) electrons. The quantitative estimate of drug-likeness (QED) is 0.797. The van der Waals surface area contributed by atoms with Crippen molar-refractivity contribution in [3.63, 3.8) is 0 Å². The molecule has 0 saturated carbocycles. The highest BCUT2D eigenvalue weighted by atomic mass is 16.5. The summed E-state index contributed by atoms with van der Waals surface area (Å²) in [5.74, 6) is 0.887. The highest BCUT2D eigenvalue weighted by molar-refractivity contribution is 5.61. The second-order valence-corrected chi connectivity index (χ2v) is 4.09. The van der Waals surface area contributed by atoms with E-state index in [9.17, 15) is 5.11 Å². The smallest absolute Gasteiger partial charge is 0.142 e. The molecule has 1 aromatic carbocycles. The fourth-order valence-electron chi connectivity index (χ4n) is 1.90. The molecule has 0 spiro atoms. The Hall–Kier alpha value is -1.26. The summed E-state index contributed by atoms with van der Waals surface area (Å²) in [5, 5.41) is 9.87. The van der Waals surface area contributed by atoms with Gasteiger partial charge in [0.2, 0.25) is 0 Å². The summed E-state index contributed by atoms with van der Waals surface area (Å²) in [5.41, 5.74) is 7.38.